The standard InChI is InChI=1S/C13H21FN2O3S/c1-3-15-10-11-5-6-12(14)13(9-11)20(17,18)16-7-8-19-4-2/h5-6,9,15-16H,3-4,7-8,10H2,1-2H3. The predicted molar refractivity (Wildman–Crippen MR) is 75.5 cm³/mol. The van der Waals surface area contributed by atoms with Crippen LogP contribution in [0.15, 0.2) is 23.1 Å². The highest BCUT2D eigenvalue weighted by atomic mass is 32.2. The van der Waals surface area contributed by atoms with Crippen molar-refractivity contribution in [2.24, 2.45) is 0 Å². The lowest BCUT2D eigenvalue weighted by atomic mass is 10.2. The van der Waals surface area contributed by atoms with Crippen molar-refractivity contribution in [2.45, 2.75) is 25.3 Å². The van der Waals surface area contributed by atoms with E-state index in [9.17, 15) is 12.8 Å². The topological polar surface area (TPSA) is 67.4 Å². The molecule has 114 valence electrons. The highest BCUT2D eigenvalue weighted by molar-refractivity contribution is 7.89. The van der Waals surface area contributed by atoms with Gasteiger partial charge in [-0.25, -0.2) is 17.5 Å². The second kappa shape index (κ2) is 8.31. The Morgan fingerprint density at radius 1 is 1.30 bits per heavy atom. The highest BCUT2D eigenvalue weighted by Crippen LogP contribution is 2.16. The van der Waals surface area contributed by atoms with Gasteiger partial charge in [0.15, 0.2) is 0 Å². The second-order valence-electron chi connectivity index (χ2n) is 4.14. The summed E-state index contributed by atoms with van der Waals surface area (Å²) in [5, 5.41) is 3.06. The van der Waals surface area contributed by atoms with Gasteiger partial charge in [0.1, 0.15) is 10.7 Å². The first-order valence-electron chi connectivity index (χ1n) is 6.57. The Kier molecular flexibility index (Phi) is 7.08. The molecule has 0 amide bonds. The molecular formula is C13H21FN2O3S. The Bertz CT molecular complexity index is 520. The molecule has 0 aromatic heterocycles. The zero-order valence-corrected chi connectivity index (χ0v) is 12.6. The molecule has 0 saturated heterocycles. The van der Waals surface area contributed by atoms with Crippen molar-refractivity contribution >= 4 is 10.0 Å². The van der Waals surface area contributed by atoms with Crippen molar-refractivity contribution in [3.63, 3.8) is 0 Å². The van der Waals surface area contributed by atoms with E-state index in [4.69, 9.17) is 4.74 Å². The summed E-state index contributed by atoms with van der Waals surface area (Å²) in [5.74, 6) is -0.755. The van der Waals surface area contributed by atoms with Crippen molar-refractivity contribution in [1.29, 1.82) is 0 Å². The van der Waals surface area contributed by atoms with Gasteiger partial charge >= 0.3 is 0 Å². The molecule has 0 fully saturated rings. The fourth-order valence-electron chi connectivity index (χ4n) is 1.60. The predicted octanol–water partition coefficient (Wildman–Crippen LogP) is 1.25. The van der Waals surface area contributed by atoms with Gasteiger partial charge < -0.3 is 10.1 Å². The van der Waals surface area contributed by atoms with Crippen molar-refractivity contribution in [3.05, 3.63) is 29.6 Å². The SMILES string of the molecule is CCNCc1ccc(F)c(S(=O)(=O)NCCOCC)c1. The first-order chi connectivity index (χ1) is 9.51. The largest absolute Gasteiger partial charge is 0.380 e. The van der Waals surface area contributed by atoms with Gasteiger partial charge in [0.05, 0.1) is 6.61 Å². The lowest BCUT2D eigenvalue weighted by molar-refractivity contribution is 0.153. The Labute approximate surface area is 119 Å². The average molecular weight is 304 g/mol. The van der Waals surface area contributed by atoms with Crippen LogP contribution in [0.4, 0.5) is 4.39 Å². The first kappa shape index (κ1) is 17.0. The maximum Gasteiger partial charge on any atom is 0.243 e. The molecule has 0 unspecified atom stereocenters. The molecule has 0 aliphatic carbocycles. The number of ether oxygens (including phenoxy) is 1. The Balaban J connectivity index is 2.81. The molecule has 0 aliphatic heterocycles. The molecule has 0 radical (unpaired) electrons. The lowest BCUT2D eigenvalue weighted by Crippen LogP contribution is -2.28. The summed E-state index contributed by atoms with van der Waals surface area (Å²) in [5.41, 5.74) is 0.721. The van der Waals surface area contributed by atoms with E-state index in [0.717, 1.165) is 12.1 Å². The third-order valence-corrected chi connectivity index (χ3v) is 4.08. The van der Waals surface area contributed by atoms with Gasteiger partial charge in [-0.15, -0.1) is 0 Å². The number of hydrogen-bond acceptors (Lipinski definition) is 4. The summed E-state index contributed by atoms with van der Waals surface area (Å²) in [6.07, 6.45) is 0. The zero-order valence-electron chi connectivity index (χ0n) is 11.8. The molecule has 20 heavy (non-hydrogen) atoms. The summed E-state index contributed by atoms with van der Waals surface area (Å²) in [4.78, 5) is -0.329. The molecule has 2 N–H and O–H groups in total. The maximum absolute atomic E-state index is 13.7. The van der Waals surface area contributed by atoms with Gasteiger partial charge in [-0.1, -0.05) is 13.0 Å². The van der Waals surface area contributed by atoms with E-state index >= 15 is 0 Å². The minimum Gasteiger partial charge on any atom is -0.380 e. The molecule has 0 heterocycles. The molecular weight excluding hydrogens is 283 g/mol. The first-order valence-corrected chi connectivity index (χ1v) is 8.06. The smallest absolute Gasteiger partial charge is 0.243 e. The number of sulfonamides is 1. The summed E-state index contributed by atoms with van der Waals surface area (Å²) in [6, 6.07) is 4.09. The van der Waals surface area contributed by atoms with Gasteiger partial charge in [-0.05, 0) is 31.2 Å². The van der Waals surface area contributed by atoms with Crippen LogP contribution in [0.1, 0.15) is 19.4 Å². The second-order valence-corrected chi connectivity index (χ2v) is 5.88. The Hall–Kier alpha value is -1.02. The third kappa shape index (κ3) is 5.16. The van der Waals surface area contributed by atoms with Crippen molar-refractivity contribution in [2.75, 3.05) is 26.3 Å². The van der Waals surface area contributed by atoms with Crippen LogP contribution in [0.3, 0.4) is 0 Å². The van der Waals surface area contributed by atoms with Gasteiger partial charge in [0.25, 0.3) is 0 Å². The van der Waals surface area contributed by atoms with E-state index < -0.39 is 15.8 Å². The zero-order chi connectivity index (χ0) is 15.0. The van der Waals surface area contributed by atoms with Crippen LogP contribution in [-0.4, -0.2) is 34.7 Å². The number of halogens is 1. The van der Waals surface area contributed by atoms with Gasteiger partial charge in [0, 0.05) is 19.7 Å². The van der Waals surface area contributed by atoms with Crippen molar-refractivity contribution in [1.82, 2.24) is 10.0 Å². The van der Waals surface area contributed by atoms with E-state index in [2.05, 4.69) is 10.0 Å². The van der Waals surface area contributed by atoms with Crippen LogP contribution in [-0.2, 0) is 21.3 Å². The molecule has 1 aromatic rings. The maximum atomic E-state index is 13.7. The monoisotopic (exact) mass is 304 g/mol. The third-order valence-electron chi connectivity index (χ3n) is 2.61. The molecule has 0 spiro atoms. The quantitative estimate of drug-likeness (QED) is 0.674. The molecule has 1 rings (SSSR count). The molecule has 5 nitrogen and oxygen atoms in total. The van der Waals surface area contributed by atoms with E-state index in [1.165, 1.54) is 12.1 Å². The van der Waals surface area contributed by atoms with Crippen LogP contribution < -0.4 is 10.0 Å². The summed E-state index contributed by atoms with van der Waals surface area (Å²) in [7, 11) is -3.85. The normalized spacial score (nSPS) is 11.8. The fourth-order valence-corrected chi connectivity index (χ4v) is 2.74. The number of rotatable bonds is 9. The molecule has 7 heteroatoms. The molecule has 1 aromatic carbocycles. The van der Waals surface area contributed by atoms with Crippen molar-refractivity contribution < 1.29 is 17.5 Å². The van der Waals surface area contributed by atoms with E-state index in [-0.39, 0.29) is 18.0 Å². The summed E-state index contributed by atoms with van der Waals surface area (Å²) >= 11 is 0. The highest BCUT2D eigenvalue weighted by Gasteiger charge is 2.19. The van der Waals surface area contributed by atoms with Crippen LogP contribution in [0.25, 0.3) is 0 Å². The molecule has 0 bridgehead atoms. The lowest BCUT2D eigenvalue weighted by Gasteiger charge is -2.10. The van der Waals surface area contributed by atoms with Gasteiger partial charge in [-0.2, -0.15) is 0 Å². The summed E-state index contributed by atoms with van der Waals surface area (Å²) < 4.78 is 45.1. The van der Waals surface area contributed by atoms with Crippen LogP contribution in [0, 0.1) is 5.82 Å². The molecule has 0 saturated carbocycles. The van der Waals surface area contributed by atoms with E-state index in [1.54, 1.807) is 6.07 Å². The molecule has 0 aliphatic rings. The summed E-state index contributed by atoms with van der Waals surface area (Å²) in [6.45, 7) is 5.90. The Morgan fingerprint density at radius 3 is 2.70 bits per heavy atom. The van der Waals surface area contributed by atoms with Crippen LogP contribution >= 0.6 is 0 Å². The fraction of sp³-hybridized carbons (Fsp3) is 0.538. The Morgan fingerprint density at radius 2 is 2.05 bits per heavy atom. The minimum absolute atomic E-state index is 0.118. The molecule has 0 atom stereocenters. The average Bonchev–Trinajstić information content (AvgIpc) is 2.42. The number of hydrogen-bond donors (Lipinski definition) is 2. The van der Waals surface area contributed by atoms with Gasteiger partial charge in [0.2, 0.25) is 10.0 Å². The minimum atomic E-state index is -3.85. The van der Waals surface area contributed by atoms with Gasteiger partial charge in [-0.3, -0.25) is 0 Å². The van der Waals surface area contributed by atoms with Crippen LogP contribution in [0.2, 0.25) is 0 Å². The number of nitrogens with one attached hydrogen (secondary N) is 2. The van der Waals surface area contributed by atoms with Crippen LogP contribution in [0.5, 0.6) is 0 Å². The van der Waals surface area contributed by atoms with E-state index in [0.29, 0.717) is 13.2 Å². The van der Waals surface area contributed by atoms with Crippen molar-refractivity contribution in [3.8, 4) is 0 Å². The van der Waals surface area contributed by atoms with E-state index in [1.807, 2.05) is 13.8 Å². The number of benzene rings is 1.